The molecule has 158 valence electrons. The highest BCUT2D eigenvalue weighted by Gasteiger charge is 2.11. The minimum absolute atomic E-state index is 0.378. The van der Waals surface area contributed by atoms with Crippen LogP contribution in [0.25, 0.3) is 0 Å². The molecule has 30 heavy (non-hydrogen) atoms. The molecular weight excluding hydrogens is 360 g/mol. The van der Waals surface area contributed by atoms with Crippen LogP contribution in [0.15, 0.2) is 54.6 Å². The van der Waals surface area contributed by atoms with Crippen LogP contribution in [-0.2, 0) is 19.3 Å². The van der Waals surface area contributed by atoms with Gasteiger partial charge < -0.3 is 0 Å². The van der Waals surface area contributed by atoms with Crippen LogP contribution in [0.1, 0.15) is 77.3 Å². The van der Waals surface area contributed by atoms with E-state index in [0.717, 1.165) is 19.3 Å². The Kier molecular flexibility index (Phi) is 6.86. The Morgan fingerprint density at radius 1 is 0.467 bits per heavy atom. The molecule has 0 unspecified atom stereocenters. The molecule has 0 spiro atoms. The van der Waals surface area contributed by atoms with Crippen molar-refractivity contribution in [1.82, 2.24) is 0 Å². The van der Waals surface area contributed by atoms with E-state index in [2.05, 4.69) is 103 Å². The van der Waals surface area contributed by atoms with Gasteiger partial charge in [0.25, 0.3) is 0 Å². The maximum Gasteiger partial charge on any atom is -0.00254 e. The van der Waals surface area contributed by atoms with Gasteiger partial charge in [-0.05, 0) is 86.6 Å². The van der Waals surface area contributed by atoms with Crippen molar-refractivity contribution in [2.75, 3.05) is 0 Å². The van der Waals surface area contributed by atoms with Gasteiger partial charge in [0.1, 0.15) is 0 Å². The summed E-state index contributed by atoms with van der Waals surface area (Å²) in [5.74, 6) is 0. The second-order valence-electron chi connectivity index (χ2n) is 10.6. The van der Waals surface area contributed by atoms with Crippen molar-refractivity contribution in [3.63, 3.8) is 0 Å². The van der Waals surface area contributed by atoms with E-state index in [0.29, 0.717) is 5.41 Å². The summed E-state index contributed by atoms with van der Waals surface area (Å²) in [5.41, 5.74) is 12.9. The fourth-order valence-corrected chi connectivity index (χ4v) is 4.51. The van der Waals surface area contributed by atoms with Gasteiger partial charge in [0, 0.05) is 0 Å². The first-order chi connectivity index (χ1) is 14.1. The Balaban J connectivity index is 1.80. The Bertz CT molecular complexity index is 994. The fourth-order valence-electron chi connectivity index (χ4n) is 4.51. The summed E-state index contributed by atoms with van der Waals surface area (Å²) in [4.78, 5) is 0. The van der Waals surface area contributed by atoms with Crippen LogP contribution in [-0.4, -0.2) is 0 Å². The third kappa shape index (κ3) is 6.87. The van der Waals surface area contributed by atoms with Crippen LogP contribution in [0.4, 0.5) is 0 Å². The van der Waals surface area contributed by atoms with Crippen LogP contribution >= 0.6 is 0 Å². The lowest BCUT2D eigenvalue weighted by Crippen LogP contribution is -2.06. The van der Waals surface area contributed by atoms with Gasteiger partial charge in [0.2, 0.25) is 0 Å². The summed E-state index contributed by atoms with van der Waals surface area (Å²) in [6, 6.07) is 21.1. The van der Waals surface area contributed by atoms with Gasteiger partial charge in [0.15, 0.2) is 0 Å². The van der Waals surface area contributed by atoms with Crippen LogP contribution in [0.5, 0.6) is 0 Å². The molecule has 3 aromatic rings. The maximum absolute atomic E-state index is 2.42. The SMILES string of the molecule is Cc1cc(C)cc(Cc2cc(C)cc(Cc3cc(C)cc(CCC(C)(C)C)c3)c2)c1. The maximum atomic E-state index is 2.42. The molecule has 0 aliphatic rings. The Morgan fingerprint density at radius 3 is 1.23 bits per heavy atom. The molecule has 0 aliphatic carbocycles. The van der Waals surface area contributed by atoms with Gasteiger partial charge >= 0.3 is 0 Å². The minimum Gasteiger partial charge on any atom is -0.0602 e. The van der Waals surface area contributed by atoms with Crippen LogP contribution in [0.3, 0.4) is 0 Å². The van der Waals surface area contributed by atoms with Gasteiger partial charge in [-0.1, -0.05) is 97.6 Å². The van der Waals surface area contributed by atoms with Crippen molar-refractivity contribution in [3.05, 3.63) is 105 Å². The zero-order chi connectivity index (χ0) is 21.9. The zero-order valence-corrected chi connectivity index (χ0v) is 20.0. The van der Waals surface area contributed by atoms with Gasteiger partial charge in [-0.3, -0.25) is 0 Å². The van der Waals surface area contributed by atoms with E-state index in [9.17, 15) is 0 Å². The summed E-state index contributed by atoms with van der Waals surface area (Å²) in [5, 5.41) is 0. The zero-order valence-electron chi connectivity index (χ0n) is 20.0. The molecule has 0 fully saturated rings. The number of hydrogen-bond acceptors (Lipinski definition) is 0. The van der Waals surface area contributed by atoms with E-state index in [1.54, 1.807) is 0 Å². The van der Waals surface area contributed by atoms with Crippen molar-refractivity contribution in [2.45, 2.75) is 74.1 Å². The van der Waals surface area contributed by atoms with Gasteiger partial charge in [-0.15, -0.1) is 0 Å². The standard InChI is InChI=1S/C30H38/c1-21-10-22(2)13-26(12-21)18-28-15-24(4)16-29(20-28)19-27-14-23(3)11-25(17-27)8-9-30(5,6)7/h10-17,20H,8-9,18-19H2,1-7H3. The van der Waals surface area contributed by atoms with Gasteiger partial charge in [0.05, 0.1) is 0 Å². The highest BCUT2D eigenvalue weighted by molar-refractivity contribution is 5.39. The molecule has 0 heterocycles. The monoisotopic (exact) mass is 398 g/mol. The van der Waals surface area contributed by atoms with Crippen molar-refractivity contribution < 1.29 is 0 Å². The molecule has 0 aromatic heterocycles. The van der Waals surface area contributed by atoms with Crippen LogP contribution in [0.2, 0.25) is 0 Å². The van der Waals surface area contributed by atoms with Crippen molar-refractivity contribution >= 4 is 0 Å². The first-order valence-corrected chi connectivity index (χ1v) is 11.3. The number of benzene rings is 3. The van der Waals surface area contributed by atoms with E-state index in [4.69, 9.17) is 0 Å². The molecule has 0 nitrogen and oxygen atoms in total. The quantitative estimate of drug-likeness (QED) is 0.393. The third-order valence-electron chi connectivity index (χ3n) is 5.66. The largest absolute Gasteiger partial charge is 0.0602 e. The van der Waals surface area contributed by atoms with Gasteiger partial charge in [-0.2, -0.15) is 0 Å². The first kappa shape index (κ1) is 22.3. The summed E-state index contributed by atoms with van der Waals surface area (Å²) < 4.78 is 0. The molecule has 0 amide bonds. The van der Waals surface area contributed by atoms with E-state index in [1.165, 1.54) is 56.5 Å². The van der Waals surface area contributed by atoms with Gasteiger partial charge in [-0.25, -0.2) is 0 Å². The summed E-state index contributed by atoms with van der Waals surface area (Å²) >= 11 is 0. The fraction of sp³-hybridized carbons (Fsp3) is 0.400. The van der Waals surface area contributed by atoms with E-state index in [-0.39, 0.29) is 0 Å². The first-order valence-electron chi connectivity index (χ1n) is 11.3. The smallest absolute Gasteiger partial charge is 0.00254 e. The van der Waals surface area contributed by atoms with Crippen molar-refractivity contribution in [3.8, 4) is 0 Å². The van der Waals surface area contributed by atoms with E-state index in [1.807, 2.05) is 0 Å². The predicted molar refractivity (Wildman–Crippen MR) is 132 cm³/mol. The minimum atomic E-state index is 0.378. The number of hydrogen-bond donors (Lipinski definition) is 0. The molecule has 0 N–H and O–H groups in total. The average Bonchev–Trinajstić information content (AvgIpc) is 2.57. The third-order valence-corrected chi connectivity index (χ3v) is 5.66. The Morgan fingerprint density at radius 2 is 0.800 bits per heavy atom. The van der Waals surface area contributed by atoms with Crippen LogP contribution < -0.4 is 0 Å². The lowest BCUT2D eigenvalue weighted by Gasteiger charge is -2.18. The highest BCUT2D eigenvalue weighted by Crippen LogP contribution is 2.24. The topological polar surface area (TPSA) is 0 Å². The molecule has 0 heteroatoms. The molecule has 0 radical (unpaired) electrons. The molecule has 0 bridgehead atoms. The van der Waals surface area contributed by atoms with E-state index < -0.39 is 0 Å². The summed E-state index contributed by atoms with van der Waals surface area (Å²) in [6.07, 6.45) is 4.39. The molecule has 3 rings (SSSR count). The summed E-state index contributed by atoms with van der Waals surface area (Å²) in [7, 11) is 0. The molecule has 0 saturated carbocycles. The average molecular weight is 399 g/mol. The molecule has 3 aromatic carbocycles. The van der Waals surface area contributed by atoms with Crippen LogP contribution in [0, 0.1) is 33.1 Å². The van der Waals surface area contributed by atoms with Crippen molar-refractivity contribution in [2.24, 2.45) is 5.41 Å². The molecule has 0 saturated heterocycles. The molecular formula is C30H38. The van der Waals surface area contributed by atoms with Crippen molar-refractivity contribution in [1.29, 1.82) is 0 Å². The normalized spacial score (nSPS) is 11.7. The highest BCUT2D eigenvalue weighted by atomic mass is 14.2. The number of rotatable bonds is 6. The lowest BCUT2D eigenvalue weighted by molar-refractivity contribution is 0.378. The summed E-state index contributed by atoms with van der Waals surface area (Å²) in [6.45, 7) is 15.8. The molecule has 0 aliphatic heterocycles. The van der Waals surface area contributed by atoms with E-state index >= 15 is 0 Å². The predicted octanol–water partition coefficient (Wildman–Crippen LogP) is 8.08. The second kappa shape index (κ2) is 9.21. The Labute approximate surface area is 184 Å². The lowest BCUT2D eigenvalue weighted by atomic mass is 9.87. The second-order valence-corrected chi connectivity index (χ2v) is 10.6. The Hall–Kier alpha value is -2.34. The molecule has 0 atom stereocenters. The number of aryl methyl sites for hydroxylation is 5.